The van der Waals surface area contributed by atoms with Crippen molar-refractivity contribution in [2.24, 2.45) is 0 Å². The molecule has 0 saturated heterocycles. The summed E-state index contributed by atoms with van der Waals surface area (Å²) >= 11 is 1.44. The predicted octanol–water partition coefficient (Wildman–Crippen LogP) is 3.78. The van der Waals surface area contributed by atoms with Crippen molar-refractivity contribution in [3.05, 3.63) is 42.2 Å². The molecule has 1 atom stereocenters. The second-order valence-corrected chi connectivity index (χ2v) is 7.56. The van der Waals surface area contributed by atoms with Crippen molar-refractivity contribution in [3.8, 4) is 5.69 Å². The van der Waals surface area contributed by atoms with E-state index in [4.69, 9.17) is 4.74 Å². The summed E-state index contributed by atoms with van der Waals surface area (Å²) in [6, 6.07) is 9.53. The molecule has 0 N–H and O–H groups in total. The van der Waals surface area contributed by atoms with E-state index in [0.717, 1.165) is 5.69 Å². The first kappa shape index (κ1) is 21.0. The first-order valence-electron chi connectivity index (χ1n) is 8.98. The van der Waals surface area contributed by atoms with E-state index < -0.39 is 12.1 Å². The average Bonchev–Trinajstić information content (AvgIpc) is 3.05. The van der Waals surface area contributed by atoms with E-state index in [1.54, 1.807) is 16.4 Å². The third-order valence-electron chi connectivity index (χ3n) is 4.13. The van der Waals surface area contributed by atoms with Gasteiger partial charge in [-0.2, -0.15) is 0 Å². The van der Waals surface area contributed by atoms with Gasteiger partial charge in [0, 0.05) is 17.8 Å². The quantitative estimate of drug-likeness (QED) is 0.533. The van der Waals surface area contributed by atoms with Crippen LogP contribution in [-0.4, -0.2) is 50.8 Å². The van der Waals surface area contributed by atoms with Crippen molar-refractivity contribution in [1.82, 2.24) is 14.5 Å². The van der Waals surface area contributed by atoms with E-state index in [0.29, 0.717) is 10.9 Å². The number of rotatable bonds is 7. The Kier molecular flexibility index (Phi) is 7.07. The van der Waals surface area contributed by atoms with E-state index >= 15 is 0 Å². The Bertz CT molecular complexity index is 779. The topological polar surface area (TPSA) is 64.4 Å². The highest BCUT2D eigenvalue weighted by molar-refractivity contribution is 7.98. The average molecular weight is 390 g/mol. The molecule has 6 nitrogen and oxygen atoms in total. The summed E-state index contributed by atoms with van der Waals surface area (Å²) in [6.07, 6.45) is 2.51. The number of imidazole rings is 1. The zero-order valence-electron chi connectivity index (χ0n) is 16.7. The molecule has 0 aliphatic carbocycles. The van der Waals surface area contributed by atoms with Gasteiger partial charge in [0.25, 0.3) is 5.91 Å². The normalized spacial score (nSPS) is 12.3. The van der Waals surface area contributed by atoms with E-state index in [1.807, 2.05) is 64.3 Å². The number of hydrogen-bond donors (Lipinski definition) is 0. The van der Waals surface area contributed by atoms with Crippen LogP contribution in [0.15, 0.2) is 41.7 Å². The van der Waals surface area contributed by atoms with Crippen molar-refractivity contribution in [3.63, 3.8) is 0 Å². The SMILES string of the molecule is CSc1ncc(C(=O)OC(C)C(=O)N(C(C)C)C(C)C)n1-c1ccccc1. The Balaban J connectivity index is 2.26. The van der Waals surface area contributed by atoms with Gasteiger partial charge in [0.15, 0.2) is 17.0 Å². The molecule has 1 heterocycles. The van der Waals surface area contributed by atoms with Gasteiger partial charge in [-0.15, -0.1) is 0 Å². The second-order valence-electron chi connectivity index (χ2n) is 6.78. The van der Waals surface area contributed by atoms with E-state index in [2.05, 4.69) is 4.98 Å². The minimum atomic E-state index is -0.876. The molecule has 2 rings (SSSR count). The minimum absolute atomic E-state index is 0.0246. The third kappa shape index (κ3) is 4.71. The standard InChI is InChI=1S/C20H27N3O3S/c1-13(2)22(14(3)4)18(24)15(5)26-19(25)17-12-21-20(27-6)23(17)16-10-8-7-9-11-16/h7-15H,1-6H3. The van der Waals surface area contributed by atoms with Gasteiger partial charge >= 0.3 is 5.97 Å². The molecule has 146 valence electrons. The summed E-state index contributed by atoms with van der Waals surface area (Å²) in [4.78, 5) is 31.5. The number of nitrogens with zero attached hydrogens (tertiary/aromatic N) is 3. The molecule has 7 heteroatoms. The molecule has 1 aromatic heterocycles. The van der Waals surface area contributed by atoms with E-state index in [9.17, 15) is 9.59 Å². The summed E-state index contributed by atoms with van der Waals surface area (Å²) < 4.78 is 7.24. The Labute approximate surface area is 164 Å². The van der Waals surface area contributed by atoms with Crippen LogP contribution in [0.2, 0.25) is 0 Å². The van der Waals surface area contributed by atoms with Gasteiger partial charge < -0.3 is 9.64 Å². The fourth-order valence-corrected chi connectivity index (χ4v) is 3.58. The molecule has 0 aliphatic heterocycles. The molecule has 2 aromatic rings. The number of hydrogen-bond acceptors (Lipinski definition) is 5. The number of ether oxygens (including phenoxy) is 1. The first-order chi connectivity index (χ1) is 12.8. The Morgan fingerprint density at radius 2 is 1.67 bits per heavy atom. The molecule has 0 spiro atoms. The number of carbonyl (C=O) groups excluding carboxylic acids is 2. The minimum Gasteiger partial charge on any atom is -0.448 e. The lowest BCUT2D eigenvalue weighted by Crippen LogP contribution is -2.47. The van der Waals surface area contributed by atoms with Crippen LogP contribution in [0.3, 0.4) is 0 Å². The fraction of sp³-hybridized carbons (Fsp3) is 0.450. The molecule has 0 aliphatic rings. The smallest absolute Gasteiger partial charge is 0.357 e. The first-order valence-corrected chi connectivity index (χ1v) is 10.2. The van der Waals surface area contributed by atoms with Gasteiger partial charge in [0.2, 0.25) is 0 Å². The Morgan fingerprint density at radius 1 is 1.07 bits per heavy atom. The number of para-hydroxylation sites is 1. The molecular weight excluding hydrogens is 362 g/mol. The highest BCUT2D eigenvalue weighted by Crippen LogP contribution is 2.22. The summed E-state index contributed by atoms with van der Waals surface area (Å²) in [5, 5.41) is 0.679. The van der Waals surface area contributed by atoms with E-state index in [1.165, 1.54) is 18.0 Å². The lowest BCUT2D eigenvalue weighted by Gasteiger charge is -2.32. The van der Waals surface area contributed by atoms with Gasteiger partial charge in [0.1, 0.15) is 0 Å². The van der Waals surface area contributed by atoms with Gasteiger partial charge in [-0.3, -0.25) is 9.36 Å². The maximum absolute atomic E-state index is 12.8. The fourth-order valence-electron chi connectivity index (χ4n) is 3.04. The number of esters is 1. The number of thioether (sulfide) groups is 1. The number of amides is 1. The van der Waals surface area contributed by atoms with Crippen molar-refractivity contribution in [1.29, 1.82) is 0 Å². The largest absolute Gasteiger partial charge is 0.448 e. The molecule has 1 aromatic carbocycles. The monoisotopic (exact) mass is 389 g/mol. The van der Waals surface area contributed by atoms with Gasteiger partial charge in [-0.05, 0) is 53.0 Å². The molecule has 1 amide bonds. The van der Waals surface area contributed by atoms with Crippen LogP contribution < -0.4 is 0 Å². The molecule has 27 heavy (non-hydrogen) atoms. The van der Waals surface area contributed by atoms with Gasteiger partial charge in [-0.1, -0.05) is 30.0 Å². The van der Waals surface area contributed by atoms with Crippen molar-refractivity contribution in [2.75, 3.05) is 6.26 Å². The Hall–Kier alpha value is -2.28. The third-order valence-corrected chi connectivity index (χ3v) is 4.79. The summed E-state index contributed by atoms with van der Waals surface area (Å²) in [5.74, 6) is -0.774. The van der Waals surface area contributed by atoms with Gasteiger partial charge in [-0.25, -0.2) is 9.78 Å². The zero-order chi connectivity index (χ0) is 20.1. The number of benzene rings is 1. The highest BCUT2D eigenvalue weighted by atomic mass is 32.2. The Morgan fingerprint density at radius 3 is 2.19 bits per heavy atom. The van der Waals surface area contributed by atoms with Crippen molar-refractivity contribution >= 4 is 23.6 Å². The summed E-state index contributed by atoms with van der Waals surface area (Å²) in [6.45, 7) is 9.39. The zero-order valence-corrected chi connectivity index (χ0v) is 17.5. The predicted molar refractivity (Wildman–Crippen MR) is 107 cm³/mol. The molecule has 0 saturated carbocycles. The van der Waals surface area contributed by atoms with Crippen LogP contribution >= 0.6 is 11.8 Å². The second kappa shape index (κ2) is 9.08. The van der Waals surface area contributed by atoms with Crippen LogP contribution in [0.25, 0.3) is 5.69 Å². The summed E-state index contributed by atoms with van der Waals surface area (Å²) in [7, 11) is 0. The maximum atomic E-state index is 12.8. The lowest BCUT2D eigenvalue weighted by molar-refractivity contribution is -0.143. The maximum Gasteiger partial charge on any atom is 0.357 e. The molecule has 1 unspecified atom stereocenters. The number of aromatic nitrogens is 2. The molecular formula is C20H27N3O3S. The van der Waals surface area contributed by atoms with Crippen molar-refractivity contribution in [2.45, 2.75) is 58.0 Å². The van der Waals surface area contributed by atoms with Crippen LogP contribution in [-0.2, 0) is 9.53 Å². The van der Waals surface area contributed by atoms with Crippen LogP contribution in [0.1, 0.15) is 45.1 Å². The van der Waals surface area contributed by atoms with Crippen molar-refractivity contribution < 1.29 is 14.3 Å². The lowest BCUT2D eigenvalue weighted by atomic mass is 10.2. The van der Waals surface area contributed by atoms with Gasteiger partial charge in [0.05, 0.1) is 6.20 Å². The van der Waals surface area contributed by atoms with Crippen LogP contribution in [0.4, 0.5) is 0 Å². The van der Waals surface area contributed by atoms with Crippen LogP contribution in [0.5, 0.6) is 0 Å². The molecule has 0 fully saturated rings. The van der Waals surface area contributed by atoms with Crippen LogP contribution in [0, 0.1) is 0 Å². The molecule has 0 bridgehead atoms. The number of carbonyl (C=O) groups is 2. The molecule has 0 radical (unpaired) electrons. The summed E-state index contributed by atoms with van der Waals surface area (Å²) in [5.41, 5.74) is 1.11. The highest BCUT2D eigenvalue weighted by Gasteiger charge is 2.29. The van der Waals surface area contributed by atoms with E-state index in [-0.39, 0.29) is 18.0 Å².